The SMILES string of the molecule is Cc1cc2c(cc1N(C)c1ccc(C(=O)O)cc1)N(C(C)C)CCC2(C)C. The van der Waals surface area contributed by atoms with E-state index in [0.717, 1.165) is 24.3 Å². The minimum absolute atomic E-state index is 0.172. The van der Waals surface area contributed by atoms with E-state index >= 15 is 0 Å². The maximum Gasteiger partial charge on any atom is 0.335 e. The Morgan fingerprint density at radius 2 is 1.81 bits per heavy atom. The third kappa shape index (κ3) is 3.53. The molecule has 0 radical (unpaired) electrons. The van der Waals surface area contributed by atoms with Crippen LogP contribution < -0.4 is 9.80 Å². The summed E-state index contributed by atoms with van der Waals surface area (Å²) in [6, 6.07) is 12.1. The van der Waals surface area contributed by atoms with Gasteiger partial charge in [-0.25, -0.2) is 4.79 Å². The number of anilines is 3. The smallest absolute Gasteiger partial charge is 0.335 e. The van der Waals surface area contributed by atoms with Crippen molar-refractivity contribution in [3.63, 3.8) is 0 Å². The molecule has 27 heavy (non-hydrogen) atoms. The average molecular weight is 367 g/mol. The van der Waals surface area contributed by atoms with Crippen molar-refractivity contribution >= 4 is 23.0 Å². The van der Waals surface area contributed by atoms with Gasteiger partial charge in [-0.1, -0.05) is 19.9 Å². The first-order valence-electron chi connectivity index (χ1n) is 9.60. The van der Waals surface area contributed by atoms with Crippen molar-refractivity contribution in [3.8, 4) is 0 Å². The van der Waals surface area contributed by atoms with Crippen LogP contribution in [-0.2, 0) is 5.41 Å². The highest BCUT2D eigenvalue weighted by Crippen LogP contribution is 2.44. The van der Waals surface area contributed by atoms with Crippen LogP contribution in [0.4, 0.5) is 17.1 Å². The molecule has 4 nitrogen and oxygen atoms in total. The van der Waals surface area contributed by atoms with E-state index in [1.165, 1.54) is 16.8 Å². The number of carboxylic acids is 1. The molecule has 2 aromatic carbocycles. The Balaban J connectivity index is 2.06. The molecule has 0 fully saturated rings. The predicted octanol–water partition coefficient (Wildman–Crippen LogP) is 5.36. The van der Waals surface area contributed by atoms with Crippen LogP contribution in [-0.4, -0.2) is 30.7 Å². The summed E-state index contributed by atoms with van der Waals surface area (Å²) in [6.07, 6.45) is 1.16. The lowest BCUT2D eigenvalue weighted by Gasteiger charge is -2.43. The molecule has 1 heterocycles. The highest BCUT2D eigenvalue weighted by Gasteiger charge is 2.33. The minimum atomic E-state index is -0.899. The number of fused-ring (bicyclic) bond motifs is 1. The second-order valence-corrected chi connectivity index (χ2v) is 8.49. The summed E-state index contributed by atoms with van der Waals surface area (Å²) in [6.45, 7) is 12.4. The number of hydrogen-bond acceptors (Lipinski definition) is 3. The summed E-state index contributed by atoms with van der Waals surface area (Å²) >= 11 is 0. The van der Waals surface area contributed by atoms with Crippen molar-refractivity contribution in [1.29, 1.82) is 0 Å². The van der Waals surface area contributed by atoms with Gasteiger partial charge in [0.1, 0.15) is 0 Å². The first-order valence-corrected chi connectivity index (χ1v) is 9.60. The van der Waals surface area contributed by atoms with E-state index in [4.69, 9.17) is 5.11 Å². The predicted molar refractivity (Wildman–Crippen MR) is 113 cm³/mol. The molecule has 0 aromatic heterocycles. The molecule has 144 valence electrons. The first kappa shape index (κ1) is 19.3. The molecule has 1 aliphatic heterocycles. The van der Waals surface area contributed by atoms with Crippen LogP contribution >= 0.6 is 0 Å². The zero-order valence-electron chi connectivity index (χ0n) is 17.2. The van der Waals surface area contributed by atoms with Gasteiger partial charge in [0.05, 0.1) is 5.56 Å². The molecule has 4 heteroatoms. The molecule has 0 bridgehead atoms. The van der Waals surface area contributed by atoms with Crippen molar-refractivity contribution < 1.29 is 9.90 Å². The number of hydrogen-bond donors (Lipinski definition) is 1. The van der Waals surface area contributed by atoms with Gasteiger partial charge < -0.3 is 14.9 Å². The van der Waals surface area contributed by atoms with Crippen LogP contribution in [0.2, 0.25) is 0 Å². The van der Waals surface area contributed by atoms with Crippen LogP contribution in [0, 0.1) is 6.92 Å². The van der Waals surface area contributed by atoms with Crippen molar-refractivity contribution in [2.45, 2.75) is 52.5 Å². The average Bonchev–Trinajstić information content (AvgIpc) is 2.61. The molecule has 2 aromatic rings. The molecule has 1 N–H and O–H groups in total. The number of aromatic carboxylic acids is 1. The maximum atomic E-state index is 11.1. The second-order valence-electron chi connectivity index (χ2n) is 8.49. The number of benzene rings is 2. The Labute approximate surface area is 162 Å². The molecule has 1 aliphatic rings. The van der Waals surface area contributed by atoms with Gasteiger partial charge in [-0.15, -0.1) is 0 Å². The van der Waals surface area contributed by atoms with Crippen LogP contribution in [0.5, 0.6) is 0 Å². The molecule has 0 atom stereocenters. The van der Waals surface area contributed by atoms with Gasteiger partial charge in [0.25, 0.3) is 0 Å². The highest BCUT2D eigenvalue weighted by molar-refractivity contribution is 5.88. The molecule has 0 spiro atoms. The Kier molecular flexibility index (Phi) is 4.94. The largest absolute Gasteiger partial charge is 0.478 e. The molecule has 3 rings (SSSR count). The van der Waals surface area contributed by atoms with E-state index in [1.54, 1.807) is 12.1 Å². The van der Waals surface area contributed by atoms with E-state index < -0.39 is 5.97 Å². The third-order valence-electron chi connectivity index (χ3n) is 5.82. The fourth-order valence-corrected chi connectivity index (χ4v) is 3.98. The second kappa shape index (κ2) is 6.91. The van der Waals surface area contributed by atoms with Crippen molar-refractivity contribution in [3.05, 3.63) is 53.1 Å². The van der Waals surface area contributed by atoms with E-state index in [9.17, 15) is 4.79 Å². The number of nitrogens with zero attached hydrogens (tertiary/aromatic N) is 2. The lowest BCUT2D eigenvalue weighted by atomic mass is 9.76. The zero-order valence-corrected chi connectivity index (χ0v) is 17.2. The Morgan fingerprint density at radius 3 is 2.37 bits per heavy atom. The standard InChI is InChI=1S/C23H30N2O2/c1-15(2)25-12-11-23(4,5)19-13-16(3)20(14-21(19)25)24(6)18-9-7-17(8-10-18)22(26)27/h7-10,13-15H,11-12H2,1-6H3,(H,26,27). The zero-order chi connectivity index (χ0) is 19.9. The fourth-order valence-electron chi connectivity index (χ4n) is 3.98. The molecule has 0 aliphatic carbocycles. The number of carboxylic acid groups (broad SMARTS) is 1. The topological polar surface area (TPSA) is 43.8 Å². The molecule has 0 saturated heterocycles. The number of rotatable bonds is 4. The van der Waals surface area contributed by atoms with Crippen LogP contribution in [0.1, 0.15) is 55.6 Å². The monoisotopic (exact) mass is 366 g/mol. The number of carbonyl (C=O) groups is 1. The van der Waals surface area contributed by atoms with E-state index in [0.29, 0.717) is 11.6 Å². The summed E-state index contributed by atoms with van der Waals surface area (Å²) < 4.78 is 0. The Hall–Kier alpha value is -2.49. The lowest BCUT2D eigenvalue weighted by Crippen LogP contribution is -2.41. The molecular formula is C23H30N2O2. The molecule has 0 unspecified atom stereocenters. The van der Waals surface area contributed by atoms with Crippen molar-refractivity contribution in [1.82, 2.24) is 0 Å². The van der Waals surface area contributed by atoms with Crippen LogP contribution in [0.3, 0.4) is 0 Å². The van der Waals surface area contributed by atoms with E-state index in [-0.39, 0.29) is 5.41 Å². The van der Waals surface area contributed by atoms with Crippen molar-refractivity contribution in [2.75, 3.05) is 23.4 Å². The number of aryl methyl sites for hydroxylation is 1. The molecular weight excluding hydrogens is 336 g/mol. The minimum Gasteiger partial charge on any atom is -0.478 e. The van der Waals surface area contributed by atoms with Crippen molar-refractivity contribution in [2.24, 2.45) is 0 Å². The fraction of sp³-hybridized carbons (Fsp3) is 0.435. The quantitative estimate of drug-likeness (QED) is 0.791. The summed E-state index contributed by atoms with van der Waals surface area (Å²) in [7, 11) is 2.04. The summed E-state index contributed by atoms with van der Waals surface area (Å²) in [5.74, 6) is -0.899. The Morgan fingerprint density at radius 1 is 1.19 bits per heavy atom. The summed E-state index contributed by atoms with van der Waals surface area (Å²) in [5.41, 5.74) is 6.58. The summed E-state index contributed by atoms with van der Waals surface area (Å²) in [5, 5.41) is 9.12. The summed E-state index contributed by atoms with van der Waals surface area (Å²) in [4.78, 5) is 15.7. The van der Waals surface area contributed by atoms with Gasteiger partial charge in [-0.05, 0) is 74.1 Å². The normalized spacial score (nSPS) is 15.6. The first-order chi connectivity index (χ1) is 12.6. The molecule has 0 amide bonds. The third-order valence-corrected chi connectivity index (χ3v) is 5.82. The van der Waals surface area contributed by atoms with Crippen LogP contribution in [0.15, 0.2) is 36.4 Å². The van der Waals surface area contributed by atoms with Gasteiger partial charge in [-0.3, -0.25) is 0 Å². The van der Waals surface area contributed by atoms with E-state index in [1.807, 2.05) is 19.2 Å². The van der Waals surface area contributed by atoms with Crippen LogP contribution in [0.25, 0.3) is 0 Å². The van der Waals surface area contributed by atoms with Gasteiger partial charge in [-0.2, -0.15) is 0 Å². The van der Waals surface area contributed by atoms with Gasteiger partial charge >= 0.3 is 5.97 Å². The highest BCUT2D eigenvalue weighted by atomic mass is 16.4. The van der Waals surface area contributed by atoms with Gasteiger partial charge in [0.15, 0.2) is 0 Å². The lowest BCUT2D eigenvalue weighted by molar-refractivity contribution is 0.0697. The Bertz CT molecular complexity index is 853. The molecule has 0 saturated carbocycles. The van der Waals surface area contributed by atoms with Gasteiger partial charge in [0, 0.05) is 36.7 Å². The maximum absolute atomic E-state index is 11.1. The van der Waals surface area contributed by atoms with Gasteiger partial charge in [0.2, 0.25) is 0 Å². The van der Waals surface area contributed by atoms with E-state index in [2.05, 4.69) is 56.6 Å².